The van der Waals surface area contributed by atoms with Crippen LogP contribution >= 0.6 is 0 Å². The van der Waals surface area contributed by atoms with E-state index in [0.29, 0.717) is 30.4 Å². The summed E-state index contributed by atoms with van der Waals surface area (Å²) in [7, 11) is 1.72. The molecule has 0 saturated heterocycles. The number of carbonyl (C=O) groups is 2. The lowest BCUT2D eigenvalue weighted by Crippen LogP contribution is -2.26. The van der Waals surface area contributed by atoms with Crippen LogP contribution in [0.5, 0.6) is 5.75 Å². The molecule has 0 aliphatic carbocycles. The number of ether oxygens (including phenoxy) is 1. The average Bonchev–Trinajstić information content (AvgIpc) is 2.97. The molecule has 24 heavy (non-hydrogen) atoms. The van der Waals surface area contributed by atoms with Crippen LogP contribution in [0, 0.1) is 6.92 Å². The Labute approximate surface area is 139 Å². The number of benzene rings is 1. The van der Waals surface area contributed by atoms with Gasteiger partial charge in [0.25, 0.3) is 0 Å². The van der Waals surface area contributed by atoms with Gasteiger partial charge in [-0.3, -0.25) is 4.79 Å². The highest BCUT2D eigenvalue weighted by Crippen LogP contribution is 2.14. The van der Waals surface area contributed by atoms with Crippen LogP contribution in [0.15, 0.2) is 28.8 Å². The van der Waals surface area contributed by atoms with E-state index in [4.69, 9.17) is 14.4 Å². The standard InChI is InChI=1S/C16H19N3O5/c1-11-17-14(24-18-11)7-8-15(20)19(2)9-12-3-5-13(6-4-12)23-10-16(21)22/h3-6H,7-10H2,1-2H3,(H,21,22). The second-order valence-electron chi connectivity index (χ2n) is 5.31. The van der Waals surface area contributed by atoms with E-state index < -0.39 is 5.97 Å². The molecule has 2 rings (SSSR count). The molecule has 0 unspecified atom stereocenters. The zero-order valence-electron chi connectivity index (χ0n) is 13.6. The Morgan fingerprint density at radius 1 is 1.29 bits per heavy atom. The number of carboxylic acid groups (broad SMARTS) is 1. The molecule has 128 valence electrons. The fraction of sp³-hybridized carbons (Fsp3) is 0.375. The van der Waals surface area contributed by atoms with Crippen molar-refractivity contribution in [2.45, 2.75) is 26.3 Å². The molecule has 8 nitrogen and oxygen atoms in total. The lowest BCUT2D eigenvalue weighted by Gasteiger charge is -2.17. The van der Waals surface area contributed by atoms with Gasteiger partial charge >= 0.3 is 5.97 Å². The van der Waals surface area contributed by atoms with E-state index in [9.17, 15) is 9.59 Å². The average molecular weight is 333 g/mol. The fourth-order valence-corrected chi connectivity index (χ4v) is 2.04. The van der Waals surface area contributed by atoms with Crippen molar-refractivity contribution in [3.63, 3.8) is 0 Å². The lowest BCUT2D eigenvalue weighted by atomic mass is 10.2. The Morgan fingerprint density at radius 2 is 2.00 bits per heavy atom. The van der Waals surface area contributed by atoms with Crippen LogP contribution in [0.2, 0.25) is 0 Å². The van der Waals surface area contributed by atoms with Gasteiger partial charge in [0, 0.05) is 26.4 Å². The van der Waals surface area contributed by atoms with Gasteiger partial charge in [-0.05, 0) is 24.6 Å². The van der Waals surface area contributed by atoms with Crippen molar-refractivity contribution in [3.8, 4) is 5.75 Å². The SMILES string of the molecule is Cc1noc(CCC(=O)N(C)Cc2ccc(OCC(=O)O)cc2)n1. The predicted octanol–water partition coefficient (Wildman–Crippen LogP) is 1.43. The van der Waals surface area contributed by atoms with E-state index in [1.54, 1.807) is 43.1 Å². The highest BCUT2D eigenvalue weighted by Gasteiger charge is 2.12. The Kier molecular flexibility index (Phi) is 5.89. The van der Waals surface area contributed by atoms with Gasteiger partial charge in [-0.1, -0.05) is 17.3 Å². The van der Waals surface area contributed by atoms with E-state index in [1.165, 1.54) is 0 Å². The van der Waals surface area contributed by atoms with Gasteiger partial charge in [-0.25, -0.2) is 4.79 Å². The first kappa shape index (κ1) is 17.5. The maximum atomic E-state index is 12.1. The van der Waals surface area contributed by atoms with Gasteiger partial charge in [0.2, 0.25) is 11.8 Å². The van der Waals surface area contributed by atoms with Crippen LogP contribution < -0.4 is 4.74 Å². The fourth-order valence-electron chi connectivity index (χ4n) is 2.04. The molecule has 8 heteroatoms. The first-order chi connectivity index (χ1) is 11.4. The zero-order valence-corrected chi connectivity index (χ0v) is 13.6. The monoisotopic (exact) mass is 333 g/mol. The number of aryl methyl sites for hydroxylation is 2. The van der Waals surface area contributed by atoms with Crippen LogP contribution in [0.4, 0.5) is 0 Å². The number of hydrogen-bond acceptors (Lipinski definition) is 6. The minimum Gasteiger partial charge on any atom is -0.482 e. The Hall–Kier alpha value is -2.90. The molecule has 2 aromatic rings. The van der Waals surface area contributed by atoms with Crippen molar-refractivity contribution in [1.82, 2.24) is 15.0 Å². The molecule has 1 N–H and O–H groups in total. The molecular formula is C16H19N3O5. The third-order valence-electron chi connectivity index (χ3n) is 3.25. The zero-order chi connectivity index (χ0) is 17.5. The minimum absolute atomic E-state index is 0.0305. The Bertz CT molecular complexity index is 696. The van der Waals surface area contributed by atoms with Gasteiger partial charge < -0.3 is 19.3 Å². The summed E-state index contributed by atoms with van der Waals surface area (Å²) in [6.45, 7) is 1.79. The molecule has 0 bridgehead atoms. The molecule has 0 saturated carbocycles. The third kappa shape index (κ3) is 5.38. The molecule has 1 amide bonds. The first-order valence-corrected chi connectivity index (χ1v) is 7.40. The summed E-state index contributed by atoms with van der Waals surface area (Å²) in [6.07, 6.45) is 0.698. The number of hydrogen-bond donors (Lipinski definition) is 1. The van der Waals surface area contributed by atoms with E-state index in [0.717, 1.165) is 5.56 Å². The molecule has 0 atom stereocenters. The number of carbonyl (C=O) groups excluding carboxylic acids is 1. The van der Waals surface area contributed by atoms with E-state index in [-0.39, 0.29) is 18.9 Å². The number of nitrogens with zero attached hydrogens (tertiary/aromatic N) is 3. The van der Waals surface area contributed by atoms with Crippen molar-refractivity contribution < 1.29 is 24.0 Å². The molecule has 0 aliphatic rings. The van der Waals surface area contributed by atoms with Crippen molar-refractivity contribution >= 4 is 11.9 Å². The summed E-state index contributed by atoms with van der Waals surface area (Å²) in [4.78, 5) is 28.2. The van der Waals surface area contributed by atoms with Crippen LogP contribution in [0.1, 0.15) is 23.7 Å². The van der Waals surface area contributed by atoms with Crippen molar-refractivity contribution in [1.29, 1.82) is 0 Å². The van der Waals surface area contributed by atoms with Gasteiger partial charge in [0.15, 0.2) is 12.4 Å². The second-order valence-corrected chi connectivity index (χ2v) is 5.31. The van der Waals surface area contributed by atoms with Crippen LogP contribution in [0.25, 0.3) is 0 Å². The van der Waals surface area contributed by atoms with E-state index in [2.05, 4.69) is 10.1 Å². The molecular weight excluding hydrogens is 314 g/mol. The van der Waals surface area contributed by atoms with Crippen LogP contribution in [-0.2, 0) is 22.6 Å². The van der Waals surface area contributed by atoms with Gasteiger partial charge in [0.05, 0.1) is 0 Å². The topological polar surface area (TPSA) is 106 Å². The van der Waals surface area contributed by atoms with Gasteiger partial charge in [-0.2, -0.15) is 4.98 Å². The maximum Gasteiger partial charge on any atom is 0.341 e. The quantitative estimate of drug-likeness (QED) is 0.779. The molecule has 1 heterocycles. The normalized spacial score (nSPS) is 10.4. The summed E-state index contributed by atoms with van der Waals surface area (Å²) in [5, 5.41) is 12.2. The molecule has 0 aliphatic heterocycles. The number of carboxylic acids is 1. The highest BCUT2D eigenvalue weighted by atomic mass is 16.5. The molecule has 1 aromatic carbocycles. The number of aromatic nitrogens is 2. The van der Waals surface area contributed by atoms with Gasteiger partial charge in [0.1, 0.15) is 5.75 Å². The van der Waals surface area contributed by atoms with Crippen LogP contribution in [0.3, 0.4) is 0 Å². The summed E-state index contributed by atoms with van der Waals surface area (Å²) in [5.74, 6) is 0.421. The second kappa shape index (κ2) is 8.09. The van der Waals surface area contributed by atoms with E-state index in [1.807, 2.05) is 0 Å². The van der Waals surface area contributed by atoms with E-state index >= 15 is 0 Å². The third-order valence-corrected chi connectivity index (χ3v) is 3.25. The smallest absolute Gasteiger partial charge is 0.341 e. The Balaban J connectivity index is 1.81. The molecule has 0 radical (unpaired) electrons. The summed E-state index contributed by atoms with van der Waals surface area (Å²) in [5.41, 5.74) is 0.919. The molecule has 0 fully saturated rings. The van der Waals surface area contributed by atoms with Gasteiger partial charge in [-0.15, -0.1) is 0 Å². The number of rotatable bonds is 8. The maximum absolute atomic E-state index is 12.1. The Morgan fingerprint density at radius 3 is 2.58 bits per heavy atom. The van der Waals surface area contributed by atoms with Crippen molar-refractivity contribution in [3.05, 3.63) is 41.5 Å². The number of amides is 1. The van der Waals surface area contributed by atoms with Crippen molar-refractivity contribution in [2.75, 3.05) is 13.7 Å². The lowest BCUT2D eigenvalue weighted by molar-refractivity contribution is -0.139. The first-order valence-electron chi connectivity index (χ1n) is 7.40. The highest BCUT2D eigenvalue weighted by molar-refractivity contribution is 5.76. The number of aliphatic carboxylic acids is 1. The molecule has 0 spiro atoms. The summed E-state index contributed by atoms with van der Waals surface area (Å²) in [6, 6.07) is 6.94. The largest absolute Gasteiger partial charge is 0.482 e. The van der Waals surface area contributed by atoms with Crippen LogP contribution in [-0.4, -0.2) is 45.7 Å². The predicted molar refractivity (Wildman–Crippen MR) is 83.4 cm³/mol. The molecule has 1 aromatic heterocycles. The minimum atomic E-state index is -1.03. The summed E-state index contributed by atoms with van der Waals surface area (Å²) < 4.78 is 10.0. The van der Waals surface area contributed by atoms with Crippen molar-refractivity contribution in [2.24, 2.45) is 0 Å². The summed E-state index contributed by atoms with van der Waals surface area (Å²) >= 11 is 0.